The number of nitrogens with one attached hydrogen (secondary N) is 1. The first-order valence-electron chi connectivity index (χ1n) is 8.91. The van der Waals surface area contributed by atoms with Crippen molar-refractivity contribution >= 4 is 54.2 Å². The molecule has 0 atom stereocenters. The Kier molecular flexibility index (Phi) is 7.00. The van der Waals surface area contributed by atoms with Gasteiger partial charge >= 0.3 is 0 Å². The van der Waals surface area contributed by atoms with Crippen LogP contribution in [0.3, 0.4) is 0 Å². The van der Waals surface area contributed by atoms with Crippen LogP contribution in [0.4, 0.5) is 5.13 Å². The summed E-state index contributed by atoms with van der Waals surface area (Å²) in [7, 11) is -3.24. The summed E-state index contributed by atoms with van der Waals surface area (Å²) >= 11 is 4.75. The Morgan fingerprint density at radius 1 is 1.14 bits per heavy atom. The number of aromatic nitrogens is 1. The molecule has 150 valence electrons. The number of carbonyl (C=O) groups excluding carboxylic acids is 1. The number of benzene rings is 2. The lowest BCUT2D eigenvalue weighted by molar-refractivity contribution is -0.111. The molecule has 0 spiro atoms. The van der Waals surface area contributed by atoms with Gasteiger partial charge in [-0.2, -0.15) is 0 Å². The molecule has 0 unspecified atom stereocenters. The number of hydrogen-bond acceptors (Lipinski definition) is 5. The van der Waals surface area contributed by atoms with E-state index in [0.29, 0.717) is 16.4 Å². The highest BCUT2D eigenvalue weighted by Crippen LogP contribution is 2.26. The number of hydrogen-bond donors (Lipinski definition) is 1. The van der Waals surface area contributed by atoms with Crippen LogP contribution in [0, 0.1) is 0 Å². The Hall–Kier alpha value is -2.29. The molecule has 1 heterocycles. The zero-order valence-corrected chi connectivity index (χ0v) is 18.9. The van der Waals surface area contributed by atoms with Gasteiger partial charge in [0, 0.05) is 21.5 Å². The van der Waals surface area contributed by atoms with E-state index >= 15 is 0 Å². The van der Waals surface area contributed by atoms with Crippen LogP contribution >= 0.6 is 27.3 Å². The number of thiazole rings is 1. The van der Waals surface area contributed by atoms with E-state index in [1.807, 2.05) is 36.6 Å². The van der Waals surface area contributed by atoms with Crippen molar-refractivity contribution in [3.05, 3.63) is 70.0 Å². The molecule has 1 aromatic heterocycles. The molecule has 0 bridgehead atoms. The Balaban J connectivity index is 1.62. The molecular weight excluding hydrogens is 472 g/mol. The zero-order chi connectivity index (χ0) is 20.9. The predicted octanol–water partition coefficient (Wildman–Crippen LogP) is 5.41. The van der Waals surface area contributed by atoms with Crippen molar-refractivity contribution in [3.63, 3.8) is 0 Å². The second kappa shape index (κ2) is 9.47. The first-order valence-corrected chi connectivity index (χ1v) is 12.2. The Morgan fingerprint density at radius 2 is 1.83 bits per heavy atom. The highest BCUT2D eigenvalue weighted by atomic mass is 79.9. The SMILES string of the molecule is CCCS(=O)(=O)c1ccc(/C=C\C(=O)Nc2nc(-c3ccc(Br)cc3)cs2)cc1. The molecule has 0 aliphatic rings. The van der Waals surface area contributed by atoms with Gasteiger partial charge in [0.1, 0.15) is 0 Å². The van der Waals surface area contributed by atoms with E-state index in [2.05, 4.69) is 26.2 Å². The van der Waals surface area contributed by atoms with Gasteiger partial charge < -0.3 is 0 Å². The number of nitrogens with zero attached hydrogens (tertiary/aromatic N) is 1. The molecule has 0 aliphatic heterocycles. The second-order valence-electron chi connectivity index (χ2n) is 6.26. The van der Waals surface area contributed by atoms with Crippen molar-refractivity contribution in [2.24, 2.45) is 0 Å². The minimum atomic E-state index is -3.24. The summed E-state index contributed by atoms with van der Waals surface area (Å²) in [5, 5.41) is 5.14. The van der Waals surface area contributed by atoms with Crippen LogP contribution in [0.1, 0.15) is 18.9 Å². The van der Waals surface area contributed by atoms with Gasteiger partial charge in [-0.15, -0.1) is 11.3 Å². The third kappa shape index (κ3) is 5.85. The van der Waals surface area contributed by atoms with E-state index in [4.69, 9.17) is 0 Å². The summed E-state index contributed by atoms with van der Waals surface area (Å²) in [4.78, 5) is 16.9. The molecule has 1 amide bonds. The fourth-order valence-corrected chi connectivity index (χ4v) is 4.89. The van der Waals surface area contributed by atoms with E-state index in [1.54, 1.807) is 30.3 Å². The fourth-order valence-electron chi connectivity index (χ4n) is 2.58. The quantitative estimate of drug-likeness (QED) is 0.449. The van der Waals surface area contributed by atoms with Crippen LogP contribution in [0.25, 0.3) is 17.3 Å². The molecule has 1 N–H and O–H groups in total. The molecule has 0 radical (unpaired) electrons. The Bertz CT molecular complexity index is 1120. The lowest BCUT2D eigenvalue weighted by Crippen LogP contribution is -2.07. The molecule has 0 saturated carbocycles. The van der Waals surface area contributed by atoms with Crippen molar-refractivity contribution in [2.45, 2.75) is 18.2 Å². The smallest absolute Gasteiger partial charge is 0.250 e. The number of carbonyl (C=O) groups is 1. The van der Waals surface area contributed by atoms with Crippen molar-refractivity contribution in [1.82, 2.24) is 4.98 Å². The van der Waals surface area contributed by atoms with E-state index < -0.39 is 9.84 Å². The van der Waals surface area contributed by atoms with Crippen molar-refractivity contribution < 1.29 is 13.2 Å². The minimum absolute atomic E-state index is 0.126. The topological polar surface area (TPSA) is 76.1 Å². The van der Waals surface area contributed by atoms with Crippen LogP contribution in [0.15, 0.2) is 69.4 Å². The average Bonchev–Trinajstić information content (AvgIpc) is 3.15. The van der Waals surface area contributed by atoms with Crippen LogP contribution in [-0.2, 0) is 14.6 Å². The number of anilines is 1. The first-order chi connectivity index (χ1) is 13.9. The molecule has 3 rings (SSSR count). The summed E-state index contributed by atoms with van der Waals surface area (Å²) in [5.74, 6) is -0.176. The average molecular weight is 491 g/mol. The second-order valence-corrected chi connectivity index (χ2v) is 10.1. The number of halogens is 1. The molecule has 0 saturated heterocycles. The van der Waals surface area contributed by atoms with E-state index in [0.717, 1.165) is 21.3 Å². The molecule has 2 aromatic carbocycles. The molecular formula is C21H19BrN2O3S2. The third-order valence-electron chi connectivity index (χ3n) is 4.01. The minimum Gasteiger partial charge on any atom is -0.298 e. The lowest BCUT2D eigenvalue weighted by atomic mass is 10.2. The van der Waals surface area contributed by atoms with Crippen molar-refractivity contribution in [3.8, 4) is 11.3 Å². The largest absolute Gasteiger partial charge is 0.298 e. The molecule has 8 heteroatoms. The highest BCUT2D eigenvalue weighted by Gasteiger charge is 2.12. The van der Waals surface area contributed by atoms with Crippen molar-refractivity contribution in [2.75, 3.05) is 11.1 Å². The van der Waals surface area contributed by atoms with Crippen LogP contribution in [0.5, 0.6) is 0 Å². The maximum Gasteiger partial charge on any atom is 0.250 e. The van der Waals surface area contributed by atoms with Gasteiger partial charge in [0.2, 0.25) is 5.91 Å². The highest BCUT2D eigenvalue weighted by molar-refractivity contribution is 9.10. The van der Waals surface area contributed by atoms with E-state index in [9.17, 15) is 13.2 Å². The standard InChI is InChI=1S/C21H19BrN2O3S2/c1-2-13-29(26,27)18-10-3-15(4-11-18)5-12-20(25)24-21-23-19(14-28-21)16-6-8-17(22)9-7-16/h3-12,14H,2,13H2,1H3,(H,23,24,25)/b12-5-. The molecule has 0 aliphatic carbocycles. The lowest BCUT2D eigenvalue weighted by Gasteiger charge is -2.03. The maximum atomic E-state index is 12.2. The number of amides is 1. The summed E-state index contributed by atoms with van der Waals surface area (Å²) < 4.78 is 25.1. The summed E-state index contributed by atoms with van der Waals surface area (Å²) in [6.45, 7) is 1.83. The van der Waals surface area contributed by atoms with Crippen LogP contribution in [0.2, 0.25) is 0 Å². The maximum absolute atomic E-state index is 12.2. The van der Waals surface area contributed by atoms with Crippen LogP contribution < -0.4 is 5.32 Å². The van der Waals surface area contributed by atoms with Gasteiger partial charge in [-0.25, -0.2) is 13.4 Å². The summed E-state index contributed by atoms with van der Waals surface area (Å²) in [6.07, 6.45) is 3.61. The fraction of sp³-hybridized carbons (Fsp3) is 0.143. The zero-order valence-electron chi connectivity index (χ0n) is 15.6. The Labute approximate surface area is 182 Å². The van der Waals surface area contributed by atoms with E-state index in [-0.39, 0.29) is 11.7 Å². The normalized spacial score (nSPS) is 11.7. The van der Waals surface area contributed by atoms with Gasteiger partial charge in [0.15, 0.2) is 15.0 Å². The number of rotatable bonds is 7. The summed E-state index contributed by atoms with van der Waals surface area (Å²) in [5.41, 5.74) is 2.51. The van der Waals surface area contributed by atoms with Gasteiger partial charge in [0.05, 0.1) is 16.3 Å². The molecule has 0 fully saturated rings. The molecule has 3 aromatic rings. The molecule has 5 nitrogen and oxygen atoms in total. The molecule has 29 heavy (non-hydrogen) atoms. The Morgan fingerprint density at radius 3 is 2.48 bits per heavy atom. The third-order valence-corrected chi connectivity index (χ3v) is 7.24. The van der Waals surface area contributed by atoms with Crippen LogP contribution in [-0.4, -0.2) is 25.1 Å². The monoisotopic (exact) mass is 490 g/mol. The first kappa shape index (κ1) is 21.4. The van der Waals surface area contributed by atoms with E-state index in [1.165, 1.54) is 17.4 Å². The summed E-state index contributed by atoms with van der Waals surface area (Å²) in [6, 6.07) is 14.3. The van der Waals surface area contributed by atoms with Gasteiger partial charge in [0.25, 0.3) is 0 Å². The van der Waals surface area contributed by atoms with Gasteiger partial charge in [-0.05, 0) is 42.3 Å². The van der Waals surface area contributed by atoms with Gasteiger partial charge in [-0.3, -0.25) is 10.1 Å². The van der Waals surface area contributed by atoms with Crippen molar-refractivity contribution in [1.29, 1.82) is 0 Å². The number of sulfone groups is 1. The predicted molar refractivity (Wildman–Crippen MR) is 122 cm³/mol. The van der Waals surface area contributed by atoms with Gasteiger partial charge in [-0.1, -0.05) is 47.1 Å².